The van der Waals surface area contributed by atoms with E-state index in [1.165, 1.54) is 0 Å². The number of nitrogens with one attached hydrogen (secondary N) is 1. The minimum Gasteiger partial charge on any atom is -0.384 e. The monoisotopic (exact) mass is 276 g/mol. The van der Waals surface area contributed by atoms with Crippen LogP contribution in [0.4, 0.5) is 0 Å². The Labute approximate surface area is 110 Å². The van der Waals surface area contributed by atoms with Crippen LogP contribution in [0.25, 0.3) is 0 Å². The second-order valence-corrected chi connectivity index (χ2v) is 7.51. The maximum Gasteiger partial charge on any atom is 0.217 e. The minimum atomic E-state index is -3.07. The second kappa shape index (κ2) is 6.32. The second-order valence-electron chi connectivity index (χ2n) is 5.29. The van der Waals surface area contributed by atoms with E-state index >= 15 is 0 Å². The summed E-state index contributed by atoms with van der Waals surface area (Å²) in [5.41, 5.74) is 0. The fourth-order valence-corrected chi connectivity index (χ4v) is 4.84. The molecule has 5 nitrogen and oxygen atoms in total. The molecule has 0 unspecified atom stereocenters. The average Bonchev–Trinajstić information content (AvgIpc) is 2.41. The van der Waals surface area contributed by atoms with E-state index in [4.69, 9.17) is 4.74 Å². The molecule has 0 aromatic carbocycles. The van der Waals surface area contributed by atoms with Gasteiger partial charge >= 0.3 is 0 Å². The molecule has 1 N–H and O–H groups in total. The summed E-state index contributed by atoms with van der Waals surface area (Å²) in [7, 11) is -1.36. The van der Waals surface area contributed by atoms with Gasteiger partial charge in [-0.1, -0.05) is 0 Å². The molecule has 2 fully saturated rings. The zero-order valence-corrected chi connectivity index (χ0v) is 11.9. The van der Waals surface area contributed by atoms with Crippen LogP contribution in [0, 0.1) is 5.92 Å². The molecule has 0 bridgehead atoms. The topological polar surface area (TPSA) is 58.6 Å². The highest BCUT2D eigenvalue weighted by molar-refractivity contribution is 7.89. The van der Waals surface area contributed by atoms with E-state index in [9.17, 15) is 8.42 Å². The molecule has 0 atom stereocenters. The molecule has 0 saturated carbocycles. The molecule has 0 aliphatic carbocycles. The van der Waals surface area contributed by atoms with E-state index in [0.29, 0.717) is 19.0 Å². The Hall–Kier alpha value is -0.170. The van der Waals surface area contributed by atoms with E-state index in [1.807, 2.05) is 0 Å². The third-order valence-corrected chi connectivity index (χ3v) is 6.44. The maximum absolute atomic E-state index is 12.5. The molecular weight excluding hydrogens is 252 g/mol. The van der Waals surface area contributed by atoms with Gasteiger partial charge in [-0.3, -0.25) is 0 Å². The van der Waals surface area contributed by atoms with Crippen molar-refractivity contribution < 1.29 is 13.2 Å². The van der Waals surface area contributed by atoms with Gasteiger partial charge in [-0.15, -0.1) is 0 Å². The Morgan fingerprint density at radius 2 is 1.78 bits per heavy atom. The SMILES string of the molecule is COCC1CCN(S(=O)(=O)C2CCNCC2)CC1. The lowest BCUT2D eigenvalue weighted by Gasteiger charge is -2.34. The first-order valence-electron chi connectivity index (χ1n) is 6.83. The van der Waals surface area contributed by atoms with Crippen molar-refractivity contribution in [3.8, 4) is 0 Å². The van der Waals surface area contributed by atoms with E-state index in [2.05, 4.69) is 5.32 Å². The summed E-state index contributed by atoms with van der Waals surface area (Å²) in [5.74, 6) is 0.523. The summed E-state index contributed by atoms with van der Waals surface area (Å²) < 4.78 is 31.8. The fourth-order valence-electron chi connectivity index (χ4n) is 2.87. The molecule has 2 heterocycles. The van der Waals surface area contributed by atoms with Crippen molar-refractivity contribution in [3.05, 3.63) is 0 Å². The van der Waals surface area contributed by atoms with Crippen LogP contribution in [0.1, 0.15) is 25.7 Å². The van der Waals surface area contributed by atoms with Crippen molar-refractivity contribution in [1.29, 1.82) is 0 Å². The molecule has 2 aliphatic heterocycles. The molecule has 0 spiro atoms. The Kier molecular flexibility index (Phi) is 5.00. The number of ether oxygens (including phenoxy) is 1. The van der Waals surface area contributed by atoms with Gasteiger partial charge in [-0.25, -0.2) is 12.7 Å². The molecular formula is C12H24N2O3S. The van der Waals surface area contributed by atoms with Gasteiger partial charge < -0.3 is 10.1 Å². The molecule has 0 radical (unpaired) electrons. The molecule has 0 aromatic heterocycles. The number of rotatable bonds is 4. The van der Waals surface area contributed by atoms with Gasteiger partial charge in [0, 0.05) is 26.8 Å². The summed E-state index contributed by atoms with van der Waals surface area (Å²) in [6.45, 7) is 3.73. The van der Waals surface area contributed by atoms with Crippen LogP contribution in [0.15, 0.2) is 0 Å². The largest absolute Gasteiger partial charge is 0.384 e. The van der Waals surface area contributed by atoms with Crippen LogP contribution >= 0.6 is 0 Å². The van der Waals surface area contributed by atoms with E-state index in [-0.39, 0.29) is 5.25 Å². The van der Waals surface area contributed by atoms with Crippen LogP contribution in [-0.4, -0.2) is 57.9 Å². The Bertz CT molecular complexity index is 344. The standard InChI is InChI=1S/C12H24N2O3S/c1-17-10-11-4-8-14(9-5-11)18(15,16)12-2-6-13-7-3-12/h11-13H,2-10H2,1H3. The van der Waals surface area contributed by atoms with Crippen molar-refractivity contribution in [1.82, 2.24) is 9.62 Å². The van der Waals surface area contributed by atoms with Crippen LogP contribution in [-0.2, 0) is 14.8 Å². The van der Waals surface area contributed by atoms with Gasteiger partial charge in [0.15, 0.2) is 0 Å². The summed E-state index contributed by atoms with van der Waals surface area (Å²) in [6.07, 6.45) is 3.36. The van der Waals surface area contributed by atoms with Gasteiger partial charge in [-0.05, 0) is 44.7 Å². The predicted molar refractivity (Wildman–Crippen MR) is 71.0 cm³/mol. The smallest absolute Gasteiger partial charge is 0.217 e. The molecule has 2 saturated heterocycles. The zero-order chi connectivity index (χ0) is 13.0. The van der Waals surface area contributed by atoms with Crippen LogP contribution in [0.5, 0.6) is 0 Å². The Balaban J connectivity index is 1.91. The predicted octanol–water partition coefficient (Wildman–Crippen LogP) is 0.427. The summed E-state index contributed by atoms with van der Waals surface area (Å²) in [6, 6.07) is 0. The summed E-state index contributed by atoms with van der Waals surface area (Å²) in [5, 5.41) is 3.05. The van der Waals surface area contributed by atoms with Gasteiger partial charge in [0.1, 0.15) is 0 Å². The van der Waals surface area contributed by atoms with Crippen molar-refractivity contribution in [2.75, 3.05) is 39.9 Å². The highest BCUT2D eigenvalue weighted by Gasteiger charge is 2.34. The summed E-state index contributed by atoms with van der Waals surface area (Å²) >= 11 is 0. The summed E-state index contributed by atoms with van der Waals surface area (Å²) in [4.78, 5) is 0. The van der Waals surface area contributed by atoms with Gasteiger partial charge in [-0.2, -0.15) is 0 Å². The van der Waals surface area contributed by atoms with E-state index in [1.54, 1.807) is 11.4 Å². The lowest BCUT2D eigenvalue weighted by Crippen LogP contribution is -2.47. The highest BCUT2D eigenvalue weighted by atomic mass is 32.2. The van der Waals surface area contributed by atoms with Gasteiger partial charge in [0.05, 0.1) is 5.25 Å². The van der Waals surface area contributed by atoms with Crippen molar-refractivity contribution >= 4 is 10.0 Å². The van der Waals surface area contributed by atoms with E-state index in [0.717, 1.165) is 45.4 Å². The zero-order valence-electron chi connectivity index (χ0n) is 11.1. The van der Waals surface area contributed by atoms with Crippen molar-refractivity contribution in [2.45, 2.75) is 30.9 Å². The number of nitrogens with zero attached hydrogens (tertiary/aromatic N) is 1. The fraction of sp³-hybridized carbons (Fsp3) is 1.00. The average molecular weight is 276 g/mol. The number of hydrogen-bond acceptors (Lipinski definition) is 4. The third kappa shape index (κ3) is 3.23. The number of piperidine rings is 2. The third-order valence-electron chi connectivity index (χ3n) is 4.04. The van der Waals surface area contributed by atoms with Crippen LogP contribution in [0.2, 0.25) is 0 Å². The van der Waals surface area contributed by atoms with Crippen molar-refractivity contribution in [2.24, 2.45) is 5.92 Å². The van der Waals surface area contributed by atoms with Crippen molar-refractivity contribution in [3.63, 3.8) is 0 Å². The quantitative estimate of drug-likeness (QED) is 0.809. The van der Waals surface area contributed by atoms with Gasteiger partial charge in [0.25, 0.3) is 0 Å². The highest BCUT2D eigenvalue weighted by Crippen LogP contribution is 2.24. The van der Waals surface area contributed by atoms with Crippen LogP contribution < -0.4 is 5.32 Å². The number of hydrogen-bond donors (Lipinski definition) is 1. The lowest BCUT2D eigenvalue weighted by molar-refractivity contribution is 0.121. The Morgan fingerprint density at radius 1 is 1.17 bits per heavy atom. The molecule has 18 heavy (non-hydrogen) atoms. The van der Waals surface area contributed by atoms with Crippen LogP contribution in [0.3, 0.4) is 0 Å². The molecule has 0 aromatic rings. The minimum absolute atomic E-state index is 0.169. The molecule has 2 rings (SSSR count). The molecule has 0 amide bonds. The number of methoxy groups -OCH3 is 1. The van der Waals surface area contributed by atoms with E-state index < -0.39 is 10.0 Å². The van der Waals surface area contributed by atoms with Gasteiger partial charge in [0.2, 0.25) is 10.0 Å². The first kappa shape index (κ1) is 14.2. The lowest BCUT2D eigenvalue weighted by atomic mass is 9.99. The maximum atomic E-state index is 12.5. The molecule has 2 aliphatic rings. The Morgan fingerprint density at radius 3 is 2.33 bits per heavy atom. The first-order valence-corrected chi connectivity index (χ1v) is 8.33. The molecule has 6 heteroatoms. The normalized spacial score (nSPS) is 25.4. The number of sulfonamides is 1. The molecule has 106 valence electrons. The first-order chi connectivity index (χ1) is 8.64.